The van der Waals surface area contributed by atoms with Gasteiger partial charge in [0.2, 0.25) is 0 Å². The second-order valence-corrected chi connectivity index (χ2v) is 4.52. The van der Waals surface area contributed by atoms with E-state index in [1.807, 2.05) is 0 Å². The minimum absolute atomic E-state index is 0.264. The molecule has 0 unspecified atom stereocenters. The molecule has 0 bridgehead atoms. The average Bonchev–Trinajstić information content (AvgIpc) is 3.00. The van der Waals surface area contributed by atoms with Crippen LogP contribution < -0.4 is 5.73 Å². The Kier molecular flexibility index (Phi) is 3.26. The van der Waals surface area contributed by atoms with Crippen LogP contribution in [0.4, 0.5) is 5.82 Å². The van der Waals surface area contributed by atoms with Crippen molar-refractivity contribution < 1.29 is 19.7 Å². The van der Waals surface area contributed by atoms with Crippen molar-refractivity contribution in [3.8, 4) is 0 Å². The summed E-state index contributed by atoms with van der Waals surface area (Å²) in [5.74, 6) is 0.264. The second kappa shape index (κ2) is 4.94. The van der Waals surface area contributed by atoms with Gasteiger partial charge in [-0.1, -0.05) is 0 Å². The van der Waals surface area contributed by atoms with Crippen molar-refractivity contribution in [2.45, 2.75) is 24.5 Å². The molecule has 3 heterocycles. The van der Waals surface area contributed by atoms with Crippen molar-refractivity contribution in [1.29, 1.82) is 0 Å². The van der Waals surface area contributed by atoms with E-state index >= 15 is 0 Å². The molecule has 0 aromatic carbocycles. The molecule has 0 spiro atoms. The largest absolute Gasteiger partial charge is 0.394 e. The van der Waals surface area contributed by atoms with Crippen LogP contribution in [0.5, 0.6) is 0 Å². The highest BCUT2D eigenvalue weighted by Gasteiger charge is 2.45. The van der Waals surface area contributed by atoms with E-state index in [4.69, 9.17) is 15.2 Å². The molecule has 0 saturated carbocycles. The Balaban J connectivity index is 2.04. The first-order valence-corrected chi connectivity index (χ1v) is 6.07. The molecular formula is C11H15N5O4. The summed E-state index contributed by atoms with van der Waals surface area (Å²) in [6, 6.07) is 0. The summed E-state index contributed by atoms with van der Waals surface area (Å²) in [6.07, 6.45) is -0.119. The Morgan fingerprint density at radius 3 is 2.95 bits per heavy atom. The first kappa shape index (κ1) is 13.2. The Hall–Kier alpha value is -1.81. The molecule has 1 aliphatic rings. The fraction of sp³-hybridized carbons (Fsp3) is 0.545. The maximum atomic E-state index is 10.0. The summed E-state index contributed by atoms with van der Waals surface area (Å²) in [7, 11) is 1.46. The number of anilines is 1. The lowest BCUT2D eigenvalue weighted by Gasteiger charge is -2.19. The van der Waals surface area contributed by atoms with Crippen molar-refractivity contribution in [1.82, 2.24) is 19.5 Å². The van der Waals surface area contributed by atoms with Crippen molar-refractivity contribution in [2.75, 3.05) is 19.5 Å². The summed E-state index contributed by atoms with van der Waals surface area (Å²) < 4.78 is 12.5. The van der Waals surface area contributed by atoms with Gasteiger partial charge in [0.1, 0.15) is 30.2 Å². The van der Waals surface area contributed by atoms with Gasteiger partial charge in [-0.05, 0) is 0 Å². The van der Waals surface area contributed by atoms with Gasteiger partial charge in [-0.2, -0.15) is 0 Å². The van der Waals surface area contributed by atoms with Crippen LogP contribution in [0.25, 0.3) is 11.2 Å². The van der Waals surface area contributed by atoms with E-state index in [2.05, 4.69) is 15.0 Å². The highest BCUT2D eigenvalue weighted by atomic mass is 16.6. The van der Waals surface area contributed by atoms with Gasteiger partial charge in [0.05, 0.1) is 12.9 Å². The number of aliphatic hydroxyl groups is 2. The number of rotatable bonds is 3. The molecule has 0 amide bonds. The number of imidazole rings is 1. The van der Waals surface area contributed by atoms with E-state index in [-0.39, 0.29) is 12.4 Å². The summed E-state index contributed by atoms with van der Waals surface area (Å²) in [4.78, 5) is 12.1. The van der Waals surface area contributed by atoms with Gasteiger partial charge < -0.3 is 25.4 Å². The Bertz CT molecular complexity index is 618. The molecule has 108 valence electrons. The zero-order chi connectivity index (χ0) is 14.3. The first-order valence-electron chi connectivity index (χ1n) is 6.07. The van der Waals surface area contributed by atoms with Gasteiger partial charge in [-0.25, -0.2) is 15.0 Å². The van der Waals surface area contributed by atoms with Crippen LogP contribution in [-0.2, 0) is 9.47 Å². The van der Waals surface area contributed by atoms with Gasteiger partial charge in [0, 0.05) is 7.11 Å². The zero-order valence-electron chi connectivity index (χ0n) is 10.7. The van der Waals surface area contributed by atoms with Gasteiger partial charge in [0.15, 0.2) is 17.7 Å². The number of fused-ring (bicyclic) bond motifs is 1. The van der Waals surface area contributed by atoms with Gasteiger partial charge in [-0.15, -0.1) is 0 Å². The average molecular weight is 281 g/mol. The molecule has 3 rings (SSSR count). The number of aromatic nitrogens is 4. The van der Waals surface area contributed by atoms with E-state index in [9.17, 15) is 10.2 Å². The molecule has 1 aliphatic heterocycles. The zero-order valence-corrected chi connectivity index (χ0v) is 10.7. The number of hydrogen-bond acceptors (Lipinski definition) is 8. The van der Waals surface area contributed by atoms with Crippen molar-refractivity contribution in [3.63, 3.8) is 0 Å². The molecule has 4 atom stereocenters. The lowest BCUT2D eigenvalue weighted by molar-refractivity contribution is -0.0583. The normalized spacial score (nSPS) is 30.1. The molecule has 9 nitrogen and oxygen atoms in total. The minimum atomic E-state index is -0.938. The first-order chi connectivity index (χ1) is 9.67. The quantitative estimate of drug-likeness (QED) is 0.631. The molecule has 1 fully saturated rings. The van der Waals surface area contributed by atoms with Crippen LogP contribution in [0.1, 0.15) is 6.23 Å². The van der Waals surface area contributed by atoms with E-state index in [1.54, 1.807) is 4.57 Å². The maximum Gasteiger partial charge on any atom is 0.167 e. The Labute approximate surface area is 114 Å². The van der Waals surface area contributed by atoms with E-state index in [0.29, 0.717) is 11.2 Å². The number of nitrogens with two attached hydrogens (primary N) is 1. The standard InChI is InChI=1S/C11H15N5O4/c1-19-8-7(18)5(2-17)20-11(8)16-4-15-6-9(12)13-3-14-10(6)16/h3-5,7-8,11,17-18H,2H2,1H3,(H2,12,13,14)/t5-,7-,8-,11+/m1/s1. The highest BCUT2D eigenvalue weighted by Crippen LogP contribution is 2.33. The SMILES string of the molecule is CO[C@@H]1[C@H](O)[C@@H](CO)O[C@@H]1n1cnc2c(N)ncnc21. The summed E-state index contributed by atoms with van der Waals surface area (Å²) in [6.45, 7) is -0.304. The molecule has 0 aliphatic carbocycles. The summed E-state index contributed by atoms with van der Waals surface area (Å²) in [5, 5.41) is 19.3. The molecule has 1 saturated heterocycles. The molecule has 2 aromatic heterocycles. The smallest absolute Gasteiger partial charge is 0.167 e. The maximum absolute atomic E-state index is 10.0. The van der Waals surface area contributed by atoms with E-state index < -0.39 is 24.5 Å². The molecule has 2 aromatic rings. The number of methoxy groups -OCH3 is 1. The van der Waals surface area contributed by atoms with Crippen LogP contribution in [0.15, 0.2) is 12.7 Å². The van der Waals surface area contributed by atoms with Crippen LogP contribution >= 0.6 is 0 Å². The second-order valence-electron chi connectivity index (χ2n) is 4.52. The molecule has 0 radical (unpaired) electrons. The topological polar surface area (TPSA) is 129 Å². The fourth-order valence-corrected chi connectivity index (χ4v) is 2.40. The predicted molar refractivity (Wildman–Crippen MR) is 67.5 cm³/mol. The van der Waals surface area contributed by atoms with Crippen LogP contribution in [-0.4, -0.2) is 61.8 Å². The fourth-order valence-electron chi connectivity index (χ4n) is 2.40. The van der Waals surface area contributed by atoms with Gasteiger partial charge >= 0.3 is 0 Å². The molecule has 20 heavy (non-hydrogen) atoms. The lowest BCUT2D eigenvalue weighted by atomic mass is 10.1. The molecule has 4 N–H and O–H groups in total. The van der Waals surface area contributed by atoms with Crippen molar-refractivity contribution >= 4 is 17.0 Å². The van der Waals surface area contributed by atoms with Crippen molar-refractivity contribution in [3.05, 3.63) is 12.7 Å². The number of ether oxygens (including phenoxy) is 2. The molecular weight excluding hydrogens is 266 g/mol. The summed E-state index contributed by atoms with van der Waals surface area (Å²) in [5.41, 5.74) is 6.66. The van der Waals surface area contributed by atoms with Crippen molar-refractivity contribution in [2.24, 2.45) is 0 Å². The Morgan fingerprint density at radius 2 is 2.25 bits per heavy atom. The third-order valence-corrected chi connectivity index (χ3v) is 3.43. The monoisotopic (exact) mass is 281 g/mol. The third kappa shape index (κ3) is 1.83. The minimum Gasteiger partial charge on any atom is -0.394 e. The van der Waals surface area contributed by atoms with Crippen LogP contribution in [0.3, 0.4) is 0 Å². The third-order valence-electron chi connectivity index (χ3n) is 3.43. The van der Waals surface area contributed by atoms with Crippen LogP contribution in [0, 0.1) is 0 Å². The molecule has 9 heteroatoms. The number of hydrogen-bond donors (Lipinski definition) is 3. The van der Waals surface area contributed by atoms with Crippen LogP contribution in [0.2, 0.25) is 0 Å². The van der Waals surface area contributed by atoms with Gasteiger partial charge in [-0.3, -0.25) is 4.57 Å². The Morgan fingerprint density at radius 1 is 1.45 bits per heavy atom. The lowest BCUT2D eigenvalue weighted by Crippen LogP contribution is -2.34. The number of nitrogen functional groups attached to an aromatic ring is 1. The van der Waals surface area contributed by atoms with Gasteiger partial charge in [0.25, 0.3) is 0 Å². The predicted octanol–water partition coefficient (Wildman–Crippen LogP) is -1.33. The van der Waals surface area contributed by atoms with E-state index in [0.717, 1.165) is 0 Å². The highest BCUT2D eigenvalue weighted by molar-refractivity contribution is 5.81. The number of aliphatic hydroxyl groups excluding tert-OH is 2. The van der Waals surface area contributed by atoms with E-state index in [1.165, 1.54) is 19.8 Å². The number of nitrogens with zero attached hydrogens (tertiary/aromatic N) is 4. The summed E-state index contributed by atoms with van der Waals surface area (Å²) >= 11 is 0.